The van der Waals surface area contributed by atoms with E-state index in [1.807, 2.05) is 19.1 Å². The molecule has 2 nitrogen and oxygen atoms in total. The second kappa shape index (κ2) is 4.73. The van der Waals surface area contributed by atoms with Gasteiger partial charge in [0.1, 0.15) is 5.76 Å². The number of hydrogen-bond acceptors (Lipinski definition) is 3. The van der Waals surface area contributed by atoms with Gasteiger partial charge >= 0.3 is 0 Å². The van der Waals surface area contributed by atoms with E-state index in [-0.39, 0.29) is 11.7 Å². The topological polar surface area (TPSA) is 30.2 Å². The Morgan fingerprint density at radius 3 is 3.11 bits per heavy atom. The van der Waals surface area contributed by atoms with Gasteiger partial charge in [0.25, 0.3) is 0 Å². The third-order valence-electron chi connectivity index (χ3n) is 3.62. The van der Waals surface area contributed by atoms with E-state index in [2.05, 4.69) is 11.4 Å². The van der Waals surface area contributed by atoms with Crippen LogP contribution in [0.3, 0.4) is 0 Å². The van der Waals surface area contributed by atoms with E-state index >= 15 is 0 Å². The first kappa shape index (κ1) is 11.7. The summed E-state index contributed by atoms with van der Waals surface area (Å²) in [7, 11) is 0. The Morgan fingerprint density at radius 1 is 1.44 bits per heavy atom. The van der Waals surface area contributed by atoms with Gasteiger partial charge in [0, 0.05) is 11.3 Å². The van der Waals surface area contributed by atoms with Crippen LogP contribution in [0.25, 0.3) is 0 Å². The van der Waals surface area contributed by atoms with Crippen molar-refractivity contribution >= 4 is 17.1 Å². The fraction of sp³-hybridized carbons (Fsp3) is 0.400. The summed E-state index contributed by atoms with van der Waals surface area (Å²) in [5.74, 6) is 1.57. The normalized spacial score (nSPS) is 18.6. The molecule has 0 aromatic carbocycles. The van der Waals surface area contributed by atoms with Crippen LogP contribution in [0.2, 0.25) is 0 Å². The maximum atomic E-state index is 12.5. The van der Waals surface area contributed by atoms with Crippen LogP contribution in [0.15, 0.2) is 28.0 Å². The lowest BCUT2D eigenvalue weighted by molar-refractivity contribution is 0.0922. The van der Waals surface area contributed by atoms with E-state index in [0.717, 1.165) is 31.4 Å². The van der Waals surface area contributed by atoms with Crippen LogP contribution in [-0.2, 0) is 12.8 Å². The lowest BCUT2D eigenvalue weighted by Crippen LogP contribution is -2.16. The Bertz CT molecular complexity index is 565. The minimum Gasteiger partial charge on any atom is -0.458 e. The van der Waals surface area contributed by atoms with E-state index < -0.39 is 0 Å². The highest BCUT2D eigenvalue weighted by molar-refractivity contribution is 7.10. The minimum absolute atomic E-state index is 0.0101. The van der Waals surface area contributed by atoms with Crippen molar-refractivity contribution < 1.29 is 9.21 Å². The van der Waals surface area contributed by atoms with E-state index in [1.54, 1.807) is 11.3 Å². The molecule has 1 aliphatic carbocycles. The highest BCUT2D eigenvalue weighted by atomic mass is 32.1. The molecule has 18 heavy (non-hydrogen) atoms. The number of Topliss-reactive ketones (excluding diaryl/α,β-unsaturated/α-hetero) is 1. The van der Waals surface area contributed by atoms with Gasteiger partial charge in [-0.05, 0) is 48.4 Å². The molecule has 0 N–H and O–H groups in total. The number of furan rings is 1. The minimum atomic E-state index is 0.0101. The molecule has 94 valence electrons. The molecule has 0 spiro atoms. The quantitative estimate of drug-likeness (QED) is 0.774. The number of carbonyl (C=O) groups excluding carboxylic acids is 1. The maximum absolute atomic E-state index is 12.5. The standard InChI is InChI=1S/C15H16O2S/c1-2-10-6-7-13(17-10)15(16)12-4-3-5-14-11(12)8-9-18-14/h6-9,12H,2-5H2,1H3. The molecule has 0 bridgehead atoms. The molecule has 0 amide bonds. The number of thiophene rings is 1. The van der Waals surface area contributed by atoms with Crippen molar-refractivity contribution in [3.05, 3.63) is 45.5 Å². The fourth-order valence-electron chi connectivity index (χ4n) is 2.63. The molecular weight excluding hydrogens is 244 g/mol. The third-order valence-corrected chi connectivity index (χ3v) is 4.62. The van der Waals surface area contributed by atoms with Gasteiger partial charge in [0.2, 0.25) is 5.78 Å². The Labute approximate surface area is 111 Å². The Morgan fingerprint density at radius 2 is 2.33 bits per heavy atom. The molecule has 3 rings (SSSR count). The molecule has 2 aromatic rings. The molecule has 2 aromatic heterocycles. The highest BCUT2D eigenvalue weighted by Crippen LogP contribution is 2.37. The molecule has 0 aliphatic heterocycles. The highest BCUT2D eigenvalue weighted by Gasteiger charge is 2.29. The predicted octanol–water partition coefficient (Wildman–Crippen LogP) is 4.21. The van der Waals surface area contributed by atoms with E-state index in [9.17, 15) is 4.79 Å². The summed E-state index contributed by atoms with van der Waals surface area (Å²) in [6.45, 7) is 2.03. The summed E-state index contributed by atoms with van der Waals surface area (Å²) in [6, 6.07) is 5.83. The van der Waals surface area contributed by atoms with Crippen molar-refractivity contribution in [3.63, 3.8) is 0 Å². The molecule has 0 saturated carbocycles. The van der Waals surface area contributed by atoms with Crippen LogP contribution in [0.5, 0.6) is 0 Å². The summed E-state index contributed by atoms with van der Waals surface area (Å²) < 4.78 is 5.59. The van der Waals surface area contributed by atoms with Crippen molar-refractivity contribution in [2.75, 3.05) is 0 Å². The zero-order chi connectivity index (χ0) is 12.5. The van der Waals surface area contributed by atoms with Crippen LogP contribution >= 0.6 is 11.3 Å². The number of carbonyl (C=O) groups is 1. The Hall–Kier alpha value is -1.35. The Kier molecular flexibility index (Phi) is 3.08. The first-order chi connectivity index (χ1) is 8.79. The van der Waals surface area contributed by atoms with Crippen LogP contribution in [-0.4, -0.2) is 5.78 Å². The number of ketones is 1. The van der Waals surface area contributed by atoms with E-state index in [0.29, 0.717) is 5.76 Å². The van der Waals surface area contributed by atoms with Crippen LogP contribution in [0, 0.1) is 0 Å². The van der Waals surface area contributed by atoms with Crippen LogP contribution in [0.1, 0.15) is 52.4 Å². The van der Waals surface area contributed by atoms with Crippen molar-refractivity contribution in [3.8, 4) is 0 Å². The van der Waals surface area contributed by atoms with E-state index in [4.69, 9.17) is 4.42 Å². The average Bonchev–Trinajstić information content (AvgIpc) is 3.05. The smallest absolute Gasteiger partial charge is 0.205 e. The van der Waals surface area contributed by atoms with Crippen LogP contribution in [0.4, 0.5) is 0 Å². The first-order valence-corrected chi connectivity index (χ1v) is 7.36. The molecule has 0 fully saturated rings. The summed E-state index contributed by atoms with van der Waals surface area (Å²) in [5.41, 5.74) is 1.23. The molecule has 1 atom stereocenters. The zero-order valence-electron chi connectivity index (χ0n) is 10.4. The van der Waals surface area contributed by atoms with Crippen molar-refractivity contribution in [1.29, 1.82) is 0 Å². The SMILES string of the molecule is CCc1ccc(C(=O)C2CCCc3sccc32)o1. The molecule has 0 radical (unpaired) electrons. The lowest BCUT2D eigenvalue weighted by atomic mass is 9.84. The van der Waals surface area contributed by atoms with Gasteiger partial charge in [0.05, 0.1) is 5.92 Å². The molecule has 1 aliphatic rings. The second-order valence-corrected chi connectivity index (χ2v) is 5.73. The second-order valence-electron chi connectivity index (χ2n) is 4.73. The summed E-state index contributed by atoms with van der Waals surface area (Å²) in [4.78, 5) is 13.9. The third kappa shape index (κ3) is 1.93. The van der Waals surface area contributed by atoms with E-state index in [1.165, 1.54) is 10.4 Å². The average molecular weight is 260 g/mol. The fourth-order valence-corrected chi connectivity index (χ4v) is 3.62. The van der Waals surface area contributed by atoms with Gasteiger partial charge in [0.15, 0.2) is 5.76 Å². The van der Waals surface area contributed by atoms with Gasteiger partial charge in [-0.15, -0.1) is 11.3 Å². The molecule has 2 heterocycles. The monoisotopic (exact) mass is 260 g/mol. The summed E-state index contributed by atoms with van der Waals surface area (Å²) in [6.07, 6.45) is 4.01. The predicted molar refractivity (Wildman–Crippen MR) is 72.4 cm³/mol. The maximum Gasteiger partial charge on any atom is 0.205 e. The lowest BCUT2D eigenvalue weighted by Gasteiger charge is -2.20. The molecule has 0 saturated heterocycles. The van der Waals surface area contributed by atoms with Gasteiger partial charge in [-0.2, -0.15) is 0 Å². The van der Waals surface area contributed by atoms with Gasteiger partial charge in [-0.1, -0.05) is 6.92 Å². The number of rotatable bonds is 3. The Balaban J connectivity index is 1.90. The van der Waals surface area contributed by atoms with Gasteiger partial charge in [-0.25, -0.2) is 0 Å². The number of hydrogen-bond donors (Lipinski definition) is 0. The number of aryl methyl sites for hydroxylation is 2. The molecule has 1 unspecified atom stereocenters. The number of fused-ring (bicyclic) bond motifs is 1. The van der Waals surface area contributed by atoms with Crippen molar-refractivity contribution in [2.24, 2.45) is 0 Å². The zero-order valence-corrected chi connectivity index (χ0v) is 11.3. The summed E-state index contributed by atoms with van der Waals surface area (Å²) in [5, 5.41) is 2.09. The summed E-state index contributed by atoms with van der Waals surface area (Å²) >= 11 is 1.77. The van der Waals surface area contributed by atoms with Crippen molar-refractivity contribution in [2.45, 2.75) is 38.5 Å². The van der Waals surface area contributed by atoms with Crippen LogP contribution < -0.4 is 0 Å². The van der Waals surface area contributed by atoms with Gasteiger partial charge in [-0.3, -0.25) is 4.79 Å². The first-order valence-electron chi connectivity index (χ1n) is 6.48. The van der Waals surface area contributed by atoms with Crippen molar-refractivity contribution in [1.82, 2.24) is 0 Å². The molecule has 3 heteroatoms. The molecular formula is C15H16O2S. The van der Waals surface area contributed by atoms with Gasteiger partial charge < -0.3 is 4.42 Å². The largest absolute Gasteiger partial charge is 0.458 e.